The number of anilines is 1. The van der Waals surface area contributed by atoms with E-state index in [1.807, 2.05) is 29.2 Å². The van der Waals surface area contributed by atoms with Gasteiger partial charge in [-0.15, -0.1) is 0 Å². The topological polar surface area (TPSA) is 64.3 Å². The van der Waals surface area contributed by atoms with Crippen LogP contribution >= 0.6 is 0 Å². The Labute approximate surface area is 162 Å². The molecule has 0 spiro atoms. The van der Waals surface area contributed by atoms with Crippen LogP contribution in [0.15, 0.2) is 24.3 Å². The highest BCUT2D eigenvalue weighted by Gasteiger charge is 2.44. The molecule has 0 saturated carbocycles. The molecule has 5 nitrogen and oxygen atoms in total. The van der Waals surface area contributed by atoms with Crippen LogP contribution in [0, 0.1) is 0 Å². The van der Waals surface area contributed by atoms with E-state index in [1.165, 1.54) is 0 Å². The number of aromatic nitrogens is 2. The molecule has 1 aliphatic carbocycles. The van der Waals surface area contributed by atoms with Crippen molar-refractivity contribution in [2.75, 3.05) is 24.7 Å². The zero-order chi connectivity index (χ0) is 19.5. The third kappa shape index (κ3) is 2.63. The SMILES string of the molecule is CCC1CCN1c1nc(-c2ccc(C3(N)COC3)cc2)c2c(n1)C(F)(F)CC2. The van der Waals surface area contributed by atoms with Gasteiger partial charge in [-0.2, -0.15) is 8.78 Å². The number of halogens is 2. The third-order valence-corrected chi connectivity index (χ3v) is 6.36. The highest BCUT2D eigenvalue weighted by Crippen LogP contribution is 2.45. The van der Waals surface area contributed by atoms with E-state index in [1.54, 1.807) is 0 Å². The molecule has 3 heterocycles. The van der Waals surface area contributed by atoms with Gasteiger partial charge in [0, 0.05) is 30.1 Å². The summed E-state index contributed by atoms with van der Waals surface area (Å²) in [5, 5.41) is 0. The second-order valence-electron chi connectivity index (χ2n) is 8.17. The quantitative estimate of drug-likeness (QED) is 0.873. The monoisotopic (exact) mass is 386 g/mol. The van der Waals surface area contributed by atoms with Crippen molar-refractivity contribution in [3.63, 3.8) is 0 Å². The van der Waals surface area contributed by atoms with E-state index in [0.717, 1.165) is 30.5 Å². The lowest BCUT2D eigenvalue weighted by Crippen LogP contribution is -2.54. The molecule has 2 aliphatic heterocycles. The molecule has 0 bridgehead atoms. The van der Waals surface area contributed by atoms with Crippen molar-refractivity contribution >= 4 is 5.95 Å². The minimum atomic E-state index is -2.89. The first kappa shape index (κ1) is 17.9. The van der Waals surface area contributed by atoms with Crippen molar-refractivity contribution in [3.8, 4) is 11.3 Å². The summed E-state index contributed by atoms with van der Waals surface area (Å²) < 4.78 is 34.3. The summed E-state index contributed by atoms with van der Waals surface area (Å²) in [5.74, 6) is -2.46. The summed E-state index contributed by atoms with van der Waals surface area (Å²) in [7, 11) is 0. The average molecular weight is 386 g/mol. The molecular weight excluding hydrogens is 362 g/mol. The number of hydrogen-bond acceptors (Lipinski definition) is 5. The fourth-order valence-electron chi connectivity index (χ4n) is 4.36. The number of alkyl halides is 2. The van der Waals surface area contributed by atoms with E-state index >= 15 is 0 Å². The lowest BCUT2D eigenvalue weighted by molar-refractivity contribution is -0.0569. The molecule has 2 fully saturated rings. The van der Waals surface area contributed by atoms with Gasteiger partial charge in [0.25, 0.3) is 5.92 Å². The predicted octanol–water partition coefficient (Wildman–Crippen LogP) is 3.35. The first-order valence-electron chi connectivity index (χ1n) is 9.95. The molecule has 1 aromatic heterocycles. The van der Waals surface area contributed by atoms with Crippen LogP contribution in [0.3, 0.4) is 0 Å². The molecule has 1 aromatic carbocycles. The standard InChI is InChI=1S/C21H24F2N4O/c1-2-15-8-10-27(15)19-25-17(16-7-9-21(22,23)18(16)26-19)13-3-5-14(6-4-13)20(24)11-28-12-20/h3-6,15H,2,7-12,24H2,1H3. The Hall–Kier alpha value is -2.12. The van der Waals surface area contributed by atoms with E-state index in [-0.39, 0.29) is 12.1 Å². The van der Waals surface area contributed by atoms with Gasteiger partial charge in [0.2, 0.25) is 5.95 Å². The second kappa shape index (κ2) is 6.19. The molecule has 2 N–H and O–H groups in total. The number of hydrogen-bond donors (Lipinski definition) is 1. The second-order valence-corrected chi connectivity index (χ2v) is 8.17. The Kier molecular flexibility index (Phi) is 3.97. The fraction of sp³-hybridized carbons (Fsp3) is 0.524. The Morgan fingerprint density at radius 2 is 1.96 bits per heavy atom. The zero-order valence-corrected chi connectivity index (χ0v) is 15.9. The summed E-state index contributed by atoms with van der Waals surface area (Å²) in [4.78, 5) is 11.1. The van der Waals surface area contributed by atoms with E-state index in [4.69, 9.17) is 15.5 Å². The minimum Gasteiger partial charge on any atom is -0.377 e. The summed E-state index contributed by atoms with van der Waals surface area (Å²) in [6.45, 7) is 3.92. The average Bonchev–Trinajstić information content (AvgIpc) is 2.94. The van der Waals surface area contributed by atoms with Gasteiger partial charge >= 0.3 is 0 Å². The van der Waals surface area contributed by atoms with Gasteiger partial charge in [-0.1, -0.05) is 31.2 Å². The molecule has 5 rings (SSSR count). The van der Waals surface area contributed by atoms with Gasteiger partial charge < -0.3 is 15.4 Å². The Bertz CT molecular complexity index is 909. The van der Waals surface area contributed by atoms with Crippen molar-refractivity contribution < 1.29 is 13.5 Å². The van der Waals surface area contributed by atoms with Crippen LogP contribution in [-0.2, 0) is 22.6 Å². The van der Waals surface area contributed by atoms with Crippen molar-refractivity contribution in [1.82, 2.24) is 9.97 Å². The molecule has 148 valence electrons. The maximum atomic E-state index is 14.5. The maximum Gasteiger partial charge on any atom is 0.290 e. The first-order chi connectivity index (χ1) is 13.4. The number of benzene rings is 1. The van der Waals surface area contributed by atoms with Gasteiger partial charge in [-0.3, -0.25) is 0 Å². The molecule has 1 unspecified atom stereocenters. The van der Waals surface area contributed by atoms with Crippen molar-refractivity contribution in [1.29, 1.82) is 0 Å². The molecule has 28 heavy (non-hydrogen) atoms. The lowest BCUT2D eigenvalue weighted by atomic mass is 9.88. The van der Waals surface area contributed by atoms with Crippen LogP contribution < -0.4 is 10.6 Å². The number of fused-ring (bicyclic) bond motifs is 1. The summed E-state index contributed by atoms with van der Waals surface area (Å²) >= 11 is 0. The largest absolute Gasteiger partial charge is 0.377 e. The highest BCUT2D eigenvalue weighted by molar-refractivity contribution is 5.67. The highest BCUT2D eigenvalue weighted by atomic mass is 19.3. The summed E-state index contributed by atoms with van der Waals surface area (Å²) in [6.07, 6.45) is 2.11. The number of nitrogens with zero attached hydrogens (tertiary/aromatic N) is 3. The van der Waals surface area contributed by atoms with Crippen LogP contribution in [0.4, 0.5) is 14.7 Å². The molecule has 7 heteroatoms. The number of nitrogens with two attached hydrogens (primary N) is 1. The molecule has 0 amide bonds. The van der Waals surface area contributed by atoms with E-state index < -0.39 is 11.5 Å². The van der Waals surface area contributed by atoms with Crippen molar-refractivity contribution in [3.05, 3.63) is 41.1 Å². The number of rotatable bonds is 4. The fourth-order valence-corrected chi connectivity index (χ4v) is 4.36. The molecule has 0 radical (unpaired) electrons. The Balaban J connectivity index is 1.58. The van der Waals surface area contributed by atoms with E-state index in [9.17, 15) is 8.78 Å². The summed E-state index contributed by atoms with van der Waals surface area (Å²) in [5.41, 5.74) is 8.78. The third-order valence-electron chi connectivity index (χ3n) is 6.36. The molecule has 2 saturated heterocycles. The van der Waals surface area contributed by atoms with Gasteiger partial charge in [-0.05, 0) is 24.8 Å². The molecular formula is C21H24F2N4O. The van der Waals surface area contributed by atoms with Crippen LogP contribution in [0.2, 0.25) is 0 Å². The minimum absolute atomic E-state index is 0.0963. The Morgan fingerprint density at radius 1 is 1.21 bits per heavy atom. The molecule has 3 aliphatic rings. The normalized spacial score (nSPS) is 24.4. The first-order valence-corrected chi connectivity index (χ1v) is 9.95. The van der Waals surface area contributed by atoms with E-state index in [0.29, 0.717) is 42.9 Å². The summed E-state index contributed by atoms with van der Waals surface area (Å²) in [6, 6.07) is 8.10. The van der Waals surface area contributed by atoms with Gasteiger partial charge in [-0.25, -0.2) is 9.97 Å². The predicted molar refractivity (Wildman–Crippen MR) is 102 cm³/mol. The molecule has 2 aromatic rings. The van der Waals surface area contributed by atoms with Gasteiger partial charge in [0.05, 0.1) is 24.4 Å². The maximum absolute atomic E-state index is 14.5. The van der Waals surface area contributed by atoms with Gasteiger partial charge in [0.1, 0.15) is 5.69 Å². The molecule has 1 atom stereocenters. The van der Waals surface area contributed by atoms with Crippen LogP contribution in [0.5, 0.6) is 0 Å². The van der Waals surface area contributed by atoms with E-state index in [2.05, 4.69) is 11.9 Å². The lowest BCUT2D eigenvalue weighted by Gasteiger charge is -2.41. The Morgan fingerprint density at radius 3 is 2.54 bits per heavy atom. The number of ether oxygens (including phenoxy) is 1. The van der Waals surface area contributed by atoms with Crippen LogP contribution in [-0.4, -0.2) is 35.8 Å². The van der Waals surface area contributed by atoms with Crippen molar-refractivity contribution in [2.24, 2.45) is 5.73 Å². The van der Waals surface area contributed by atoms with Crippen LogP contribution in [0.25, 0.3) is 11.3 Å². The van der Waals surface area contributed by atoms with Crippen LogP contribution in [0.1, 0.15) is 43.0 Å². The van der Waals surface area contributed by atoms with Gasteiger partial charge in [0.15, 0.2) is 0 Å². The van der Waals surface area contributed by atoms with Crippen molar-refractivity contribution in [2.45, 2.75) is 50.1 Å². The smallest absolute Gasteiger partial charge is 0.290 e. The zero-order valence-electron chi connectivity index (χ0n) is 15.9.